The van der Waals surface area contributed by atoms with Crippen molar-refractivity contribution in [2.75, 3.05) is 17.1 Å². The molecule has 0 aromatic heterocycles. The highest BCUT2D eigenvalue weighted by Crippen LogP contribution is 2.29. The zero-order valence-electron chi connectivity index (χ0n) is 21.8. The monoisotopic (exact) mass is 567 g/mol. The second kappa shape index (κ2) is 12.5. The summed E-state index contributed by atoms with van der Waals surface area (Å²) in [7, 11) is -3.81. The fourth-order valence-electron chi connectivity index (χ4n) is 4.82. The number of hydrogen-bond donors (Lipinski definition) is 1. The number of hydrogen-bond acceptors (Lipinski definition) is 4. The van der Waals surface area contributed by atoms with Crippen molar-refractivity contribution in [1.82, 2.24) is 10.2 Å². The number of amides is 2. The number of nitrogens with zero attached hydrogens (tertiary/aromatic N) is 2. The molecule has 1 fully saturated rings. The zero-order chi connectivity index (χ0) is 27.3. The Balaban J connectivity index is 1.99. The largest absolute Gasteiger partial charge is 0.352 e. The van der Waals surface area contributed by atoms with Gasteiger partial charge in [0.25, 0.3) is 0 Å². The molecule has 10 heteroatoms. The minimum Gasteiger partial charge on any atom is -0.352 e. The van der Waals surface area contributed by atoms with Gasteiger partial charge in [0.15, 0.2) is 0 Å². The molecule has 0 radical (unpaired) electrons. The normalized spacial score (nSPS) is 14.9. The molecule has 0 saturated heterocycles. The number of benzene rings is 2. The van der Waals surface area contributed by atoms with Crippen molar-refractivity contribution in [3.05, 3.63) is 63.1 Å². The highest BCUT2D eigenvalue weighted by atomic mass is 35.5. The van der Waals surface area contributed by atoms with Crippen molar-refractivity contribution in [3.8, 4) is 0 Å². The van der Waals surface area contributed by atoms with Crippen LogP contribution >= 0.6 is 23.2 Å². The van der Waals surface area contributed by atoms with Gasteiger partial charge < -0.3 is 10.2 Å². The van der Waals surface area contributed by atoms with E-state index in [1.165, 1.54) is 4.90 Å². The number of halogens is 2. The van der Waals surface area contributed by atoms with Gasteiger partial charge in [-0.25, -0.2) is 8.42 Å². The van der Waals surface area contributed by atoms with Crippen molar-refractivity contribution in [2.45, 2.75) is 71.5 Å². The van der Waals surface area contributed by atoms with E-state index in [9.17, 15) is 18.0 Å². The fraction of sp³-hybridized carbons (Fsp3) is 0.481. The molecule has 2 aromatic carbocycles. The summed E-state index contributed by atoms with van der Waals surface area (Å²) in [5, 5.41) is 3.81. The lowest BCUT2D eigenvalue weighted by atomic mass is 10.1. The molecular formula is C27H35Cl2N3O4S. The molecule has 202 valence electrons. The minimum absolute atomic E-state index is 0.0293. The molecule has 37 heavy (non-hydrogen) atoms. The van der Waals surface area contributed by atoms with Gasteiger partial charge >= 0.3 is 0 Å². The molecule has 1 unspecified atom stereocenters. The lowest BCUT2D eigenvalue weighted by molar-refractivity contribution is -0.140. The molecule has 0 bridgehead atoms. The third kappa shape index (κ3) is 7.39. The fourth-order valence-corrected chi connectivity index (χ4v) is 6.24. The number of anilines is 1. The summed E-state index contributed by atoms with van der Waals surface area (Å²) in [6.45, 7) is 5.05. The maximum absolute atomic E-state index is 13.9. The van der Waals surface area contributed by atoms with Gasteiger partial charge in [0, 0.05) is 28.2 Å². The summed E-state index contributed by atoms with van der Waals surface area (Å²) >= 11 is 12.8. The van der Waals surface area contributed by atoms with Crippen molar-refractivity contribution < 1.29 is 18.0 Å². The molecule has 0 spiro atoms. The van der Waals surface area contributed by atoms with Crippen molar-refractivity contribution >= 4 is 50.7 Å². The SMILES string of the molecule is CCC(C(=O)NC1CCCC1)N(Cc1c(Cl)cccc1Cl)C(=O)CN(c1ccc(C)cc1C)S(C)(=O)=O. The molecular weight excluding hydrogens is 533 g/mol. The number of carbonyl (C=O) groups excluding carboxylic acids is 2. The lowest BCUT2D eigenvalue weighted by Gasteiger charge is -2.34. The van der Waals surface area contributed by atoms with E-state index in [4.69, 9.17) is 23.2 Å². The molecule has 1 aliphatic carbocycles. The molecule has 3 rings (SSSR count). The van der Waals surface area contributed by atoms with Crippen LogP contribution < -0.4 is 9.62 Å². The topological polar surface area (TPSA) is 86.8 Å². The average Bonchev–Trinajstić information content (AvgIpc) is 3.32. The third-order valence-corrected chi connectivity index (χ3v) is 8.61. The first kappa shape index (κ1) is 29.3. The Morgan fingerprint density at radius 1 is 1.08 bits per heavy atom. The second-order valence-electron chi connectivity index (χ2n) is 9.70. The molecule has 1 atom stereocenters. The van der Waals surface area contributed by atoms with Gasteiger partial charge in [0.2, 0.25) is 21.8 Å². The third-order valence-electron chi connectivity index (χ3n) is 6.78. The van der Waals surface area contributed by atoms with Crippen LogP contribution in [0.25, 0.3) is 0 Å². The van der Waals surface area contributed by atoms with E-state index in [0.717, 1.165) is 47.4 Å². The molecule has 0 heterocycles. The van der Waals surface area contributed by atoms with Crippen LogP contribution in [0.3, 0.4) is 0 Å². The summed E-state index contributed by atoms with van der Waals surface area (Å²) in [6, 6.07) is 9.66. The standard InChI is InChI=1S/C27H35Cl2N3O4S/c1-5-24(27(34)30-20-9-6-7-10-20)31(16-21-22(28)11-8-12-23(21)29)26(33)17-32(37(4,35)36)25-14-13-18(2)15-19(25)3/h8,11-15,20,24H,5-7,9-10,16-17H2,1-4H3,(H,30,34). The van der Waals surface area contributed by atoms with Gasteiger partial charge in [-0.2, -0.15) is 0 Å². The smallest absolute Gasteiger partial charge is 0.244 e. The summed E-state index contributed by atoms with van der Waals surface area (Å²) in [5.41, 5.74) is 2.62. The first-order valence-corrected chi connectivity index (χ1v) is 15.1. The summed E-state index contributed by atoms with van der Waals surface area (Å²) in [6.07, 6.45) is 5.33. The minimum atomic E-state index is -3.81. The predicted octanol–water partition coefficient (Wildman–Crippen LogP) is 5.24. The van der Waals surface area contributed by atoms with Crippen molar-refractivity contribution in [1.29, 1.82) is 0 Å². The van der Waals surface area contributed by atoms with Crippen LogP contribution in [0.1, 0.15) is 55.7 Å². The Morgan fingerprint density at radius 3 is 2.24 bits per heavy atom. The van der Waals surface area contributed by atoms with E-state index in [2.05, 4.69) is 5.32 Å². The molecule has 1 aliphatic rings. The molecule has 7 nitrogen and oxygen atoms in total. The summed E-state index contributed by atoms with van der Waals surface area (Å²) in [5.74, 6) is -0.779. The van der Waals surface area contributed by atoms with Gasteiger partial charge in [-0.15, -0.1) is 0 Å². The molecule has 1 saturated carbocycles. The van der Waals surface area contributed by atoms with Crippen LogP contribution in [-0.4, -0.2) is 50.0 Å². The van der Waals surface area contributed by atoms with E-state index in [1.807, 2.05) is 19.9 Å². The van der Waals surface area contributed by atoms with Crippen LogP contribution in [0.4, 0.5) is 5.69 Å². The molecule has 2 aromatic rings. The van der Waals surface area contributed by atoms with Crippen LogP contribution in [-0.2, 0) is 26.2 Å². The number of nitrogens with one attached hydrogen (secondary N) is 1. The Morgan fingerprint density at radius 2 is 1.70 bits per heavy atom. The number of sulfonamides is 1. The molecule has 0 aliphatic heterocycles. The lowest BCUT2D eigenvalue weighted by Crippen LogP contribution is -2.53. The van der Waals surface area contributed by atoms with Crippen LogP contribution in [0.5, 0.6) is 0 Å². The summed E-state index contributed by atoms with van der Waals surface area (Å²) < 4.78 is 26.8. The van der Waals surface area contributed by atoms with E-state index < -0.39 is 28.5 Å². The second-order valence-corrected chi connectivity index (χ2v) is 12.4. The van der Waals surface area contributed by atoms with Crippen molar-refractivity contribution in [2.24, 2.45) is 0 Å². The van der Waals surface area contributed by atoms with E-state index in [1.54, 1.807) is 37.3 Å². The number of rotatable bonds is 10. The maximum Gasteiger partial charge on any atom is 0.244 e. The Bertz CT molecular complexity index is 1230. The highest BCUT2D eigenvalue weighted by molar-refractivity contribution is 7.92. The van der Waals surface area contributed by atoms with Crippen LogP contribution in [0.15, 0.2) is 36.4 Å². The van der Waals surface area contributed by atoms with Gasteiger partial charge in [0.05, 0.1) is 11.9 Å². The Labute approximate surface area is 230 Å². The quantitative estimate of drug-likeness (QED) is 0.425. The zero-order valence-corrected chi connectivity index (χ0v) is 24.1. The van der Waals surface area contributed by atoms with E-state index >= 15 is 0 Å². The average molecular weight is 569 g/mol. The number of aryl methyl sites for hydroxylation is 2. The first-order chi connectivity index (χ1) is 17.4. The maximum atomic E-state index is 13.9. The van der Waals surface area contributed by atoms with Gasteiger partial charge in [0.1, 0.15) is 12.6 Å². The first-order valence-electron chi connectivity index (χ1n) is 12.5. The predicted molar refractivity (Wildman–Crippen MR) is 150 cm³/mol. The summed E-state index contributed by atoms with van der Waals surface area (Å²) in [4.78, 5) is 28.7. The van der Waals surface area contributed by atoms with Gasteiger partial charge in [-0.05, 0) is 56.9 Å². The van der Waals surface area contributed by atoms with Crippen molar-refractivity contribution in [3.63, 3.8) is 0 Å². The molecule has 2 amide bonds. The molecule has 1 N–H and O–H groups in total. The van der Waals surface area contributed by atoms with E-state index in [-0.39, 0.29) is 18.5 Å². The highest BCUT2D eigenvalue weighted by Gasteiger charge is 2.34. The van der Waals surface area contributed by atoms with Gasteiger partial charge in [-0.3, -0.25) is 13.9 Å². The van der Waals surface area contributed by atoms with Gasteiger partial charge in [-0.1, -0.05) is 66.7 Å². The van der Waals surface area contributed by atoms with E-state index in [0.29, 0.717) is 27.7 Å². The van der Waals surface area contributed by atoms with Crippen LogP contribution in [0.2, 0.25) is 10.0 Å². The Hall–Kier alpha value is -2.29. The Kier molecular flexibility index (Phi) is 9.89. The number of carbonyl (C=O) groups is 2. The van der Waals surface area contributed by atoms with Crippen LogP contribution in [0, 0.1) is 13.8 Å².